The Morgan fingerprint density at radius 3 is 2.50 bits per heavy atom. The number of carbonyl (C=O) groups is 1. The van der Waals surface area contributed by atoms with Gasteiger partial charge in [0.15, 0.2) is 0 Å². The Balaban J connectivity index is 2.10. The Bertz CT molecular complexity index is 1090. The van der Waals surface area contributed by atoms with Crippen LogP contribution in [0.1, 0.15) is 10.4 Å². The van der Waals surface area contributed by atoms with Crippen molar-refractivity contribution in [2.75, 3.05) is 7.11 Å². The zero-order valence-corrected chi connectivity index (χ0v) is 14.0. The number of nitrogens with zero attached hydrogens (tertiary/aromatic N) is 3. The van der Waals surface area contributed by atoms with Gasteiger partial charge in [-0.1, -0.05) is 18.2 Å². The Morgan fingerprint density at radius 2 is 1.85 bits per heavy atom. The summed E-state index contributed by atoms with van der Waals surface area (Å²) in [7, 11) is 1.60. The van der Waals surface area contributed by atoms with Gasteiger partial charge in [0.1, 0.15) is 11.4 Å². The highest BCUT2D eigenvalue weighted by Gasteiger charge is 2.22. The molecule has 0 aliphatic heterocycles. The smallest absolute Gasteiger partial charge is 0.338 e. The molecule has 26 heavy (non-hydrogen) atoms. The standard InChI is InChI=1S/C20H15N3O3/c1-26-14-9-7-13(8-10-14)18-19(23-12-4-11-21-23)17(20(24)25)15-5-2-3-6-16(15)22-18/h2-12H,1H3,(H,24,25). The minimum absolute atomic E-state index is 0.171. The number of pyridine rings is 1. The molecule has 0 saturated carbocycles. The molecule has 0 saturated heterocycles. The molecule has 128 valence electrons. The first-order chi connectivity index (χ1) is 12.7. The Hall–Kier alpha value is -3.67. The molecule has 0 radical (unpaired) electrons. The zero-order valence-electron chi connectivity index (χ0n) is 14.0. The van der Waals surface area contributed by atoms with E-state index >= 15 is 0 Å². The monoisotopic (exact) mass is 345 g/mol. The highest BCUT2D eigenvalue weighted by Crippen LogP contribution is 2.33. The molecule has 4 rings (SSSR count). The van der Waals surface area contributed by atoms with Crippen LogP contribution in [0.15, 0.2) is 67.0 Å². The summed E-state index contributed by atoms with van der Waals surface area (Å²) in [6.45, 7) is 0. The molecule has 6 nitrogen and oxygen atoms in total. The van der Waals surface area contributed by atoms with Gasteiger partial charge in [0.05, 0.1) is 23.9 Å². The highest BCUT2D eigenvalue weighted by molar-refractivity contribution is 6.08. The second kappa shape index (κ2) is 6.33. The van der Waals surface area contributed by atoms with Crippen LogP contribution in [0.3, 0.4) is 0 Å². The van der Waals surface area contributed by atoms with Crippen LogP contribution < -0.4 is 4.74 Å². The van der Waals surface area contributed by atoms with Crippen molar-refractivity contribution in [3.05, 3.63) is 72.6 Å². The molecule has 2 aromatic carbocycles. The summed E-state index contributed by atoms with van der Waals surface area (Å²) in [4.78, 5) is 16.9. The number of rotatable bonds is 4. The Kier molecular flexibility index (Phi) is 3.85. The number of fused-ring (bicyclic) bond motifs is 1. The molecular formula is C20H15N3O3. The molecule has 0 aliphatic carbocycles. The second-order valence-electron chi connectivity index (χ2n) is 5.69. The van der Waals surface area contributed by atoms with E-state index in [9.17, 15) is 9.90 Å². The molecule has 0 unspecified atom stereocenters. The average Bonchev–Trinajstić information content (AvgIpc) is 3.20. The Labute approximate surface area is 149 Å². The number of carboxylic acid groups (broad SMARTS) is 1. The number of ether oxygens (including phenoxy) is 1. The SMILES string of the molecule is COc1ccc(-c2nc3ccccc3c(C(=O)O)c2-n2cccn2)cc1. The summed E-state index contributed by atoms with van der Waals surface area (Å²) in [6, 6.07) is 16.3. The summed E-state index contributed by atoms with van der Waals surface area (Å²) in [5, 5.41) is 14.7. The lowest BCUT2D eigenvalue weighted by Crippen LogP contribution is -2.10. The van der Waals surface area contributed by atoms with E-state index in [0.29, 0.717) is 28.0 Å². The third kappa shape index (κ3) is 2.57. The largest absolute Gasteiger partial charge is 0.497 e. The van der Waals surface area contributed by atoms with E-state index in [0.717, 1.165) is 5.56 Å². The highest BCUT2D eigenvalue weighted by atomic mass is 16.5. The third-order valence-electron chi connectivity index (χ3n) is 4.18. The fourth-order valence-corrected chi connectivity index (χ4v) is 2.99. The first kappa shape index (κ1) is 15.8. The van der Waals surface area contributed by atoms with E-state index < -0.39 is 5.97 Å². The van der Waals surface area contributed by atoms with E-state index in [4.69, 9.17) is 9.72 Å². The van der Waals surface area contributed by atoms with E-state index in [2.05, 4.69) is 5.10 Å². The van der Waals surface area contributed by atoms with Gasteiger partial charge in [-0.15, -0.1) is 0 Å². The van der Waals surface area contributed by atoms with Gasteiger partial charge in [0.25, 0.3) is 0 Å². The summed E-state index contributed by atoms with van der Waals surface area (Å²) in [6.07, 6.45) is 3.32. The lowest BCUT2D eigenvalue weighted by Gasteiger charge is -2.15. The summed E-state index contributed by atoms with van der Waals surface area (Å²) in [5.74, 6) is -0.308. The number of aromatic carboxylic acids is 1. The molecule has 0 aliphatic rings. The first-order valence-electron chi connectivity index (χ1n) is 7.99. The number of hydrogen-bond donors (Lipinski definition) is 1. The summed E-state index contributed by atoms with van der Waals surface area (Å²) < 4.78 is 6.75. The van der Waals surface area contributed by atoms with Crippen LogP contribution >= 0.6 is 0 Å². The van der Waals surface area contributed by atoms with Gasteiger partial charge in [0, 0.05) is 23.3 Å². The van der Waals surface area contributed by atoms with Crippen molar-refractivity contribution in [1.29, 1.82) is 0 Å². The van der Waals surface area contributed by atoms with E-state index in [1.54, 1.807) is 42.4 Å². The Morgan fingerprint density at radius 1 is 1.08 bits per heavy atom. The molecule has 0 amide bonds. The fraction of sp³-hybridized carbons (Fsp3) is 0.0500. The van der Waals surface area contributed by atoms with Crippen molar-refractivity contribution in [3.63, 3.8) is 0 Å². The predicted molar refractivity (Wildman–Crippen MR) is 97.8 cm³/mol. The van der Waals surface area contributed by atoms with Gasteiger partial charge in [0.2, 0.25) is 0 Å². The van der Waals surface area contributed by atoms with Crippen molar-refractivity contribution in [2.45, 2.75) is 0 Å². The molecule has 6 heteroatoms. The quantitative estimate of drug-likeness (QED) is 0.609. The van der Waals surface area contributed by atoms with Crippen LogP contribution in [0.4, 0.5) is 0 Å². The predicted octanol–water partition coefficient (Wildman–Crippen LogP) is 3.79. The summed E-state index contributed by atoms with van der Waals surface area (Å²) >= 11 is 0. The minimum atomic E-state index is -1.02. The van der Waals surface area contributed by atoms with Crippen molar-refractivity contribution in [1.82, 2.24) is 14.8 Å². The van der Waals surface area contributed by atoms with Crippen molar-refractivity contribution in [2.24, 2.45) is 0 Å². The first-order valence-corrected chi connectivity index (χ1v) is 7.99. The molecular weight excluding hydrogens is 330 g/mol. The van der Waals surface area contributed by atoms with Crippen LogP contribution in [-0.2, 0) is 0 Å². The zero-order chi connectivity index (χ0) is 18.1. The van der Waals surface area contributed by atoms with Crippen LogP contribution in [0, 0.1) is 0 Å². The van der Waals surface area contributed by atoms with Crippen LogP contribution in [0.5, 0.6) is 5.75 Å². The van der Waals surface area contributed by atoms with Crippen LogP contribution in [0.25, 0.3) is 27.8 Å². The molecule has 2 heterocycles. The second-order valence-corrected chi connectivity index (χ2v) is 5.69. The number of carboxylic acids is 1. The van der Waals surface area contributed by atoms with Crippen LogP contribution in [0.2, 0.25) is 0 Å². The van der Waals surface area contributed by atoms with Gasteiger partial charge < -0.3 is 9.84 Å². The van der Waals surface area contributed by atoms with Gasteiger partial charge in [-0.05, 0) is 36.4 Å². The molecule has 0 atom stereocenters. The maximum Gasteiger partial charge on any atom is 0.338 e. The van der Waals surface area contributed by atoms with E-state index in [1.165, 1.54) is 0 Å². The number of hydrogen-bond acceptors (Lipinski definition) is 4. The maximum absolute atomic E-state index is 12.1. The molecule has 2 aromatic heterocycles. The average molecular weight is 345 g/mol. The van der Waals surface area contributed by atoms with Crippen molar-refractivity contribution >= 4 is 16.9 Å². The lowest BCUT2D eigenvalue weighted by atomic mass is 10.0. The normalized spacial score (nSPS) is 10.8. The van der Waals surface area contributed by atoms with Crippen LogP contribution in [-0.4, -0.2) is 33.0 Å². The topological polar surface area (TPSA) is 77.2 Å². The molecule has 0 spiro atoms. The fourth-order valence-electron chi connectivity index (χ4n) is 2.99. The van der Waals surface area contributed by atoms with Gasteiger partial charge in [-0.3, -0.25) is 0 Å². The summed E-state index contributed by atoms with van der Waals surface area (Å²) in [5.41, 5.74) is 2.56. The van der Waals surface area contributed by atoms with Gasteiger partial charge >= 0.3 is 5.97 Å². The molecule has 4 aromatic rings. The van der Waals surface area contributed by atoms with Crippen molar-refractivity contribution < 1.29 is 14.6 Å². The number of para-hydroxylation sites is 1. The lowest BCUT2D eigenvalue weighted by molar-refractivity contribution is 0.0699. The number of benzene rings is 2. The van der Waals surface area contributed by atoms with Gasteiger partial charge in [-0.25, -0.2) is 14.5 Å². The van der Waals surface area contributed by atoms with Crippen molar-refractivity contribution in [3.8, 4) is 22.7 Å². The maximum atomic E-state index is 12.1. The number of aromatic nitrogens is 3. The molecule has 0 fully saturated rings. The van der Waals surface area contributed by atoms with E-state index in [-0.39, 0.29) is 5.56 Å². The third-order valence-corrected chi connectivity index (χ3v) is 4.18. The molecule has 0 bridgehead atoms. The van der Waals surface area contributed by atoms with Gasteiger partial charge in [-0.2, -0.15) is 5.10 Å². The minimum Gasteiger partial charge on any atom is -0.497 e. The van der Waals surface area contributed by atoms with E-state index in [1.807, 2.05) is 36.4 Å². The number of methoxy groups -OCH3 is 1. The molecule has 1 N–H and O–H groups in total.